The van der Waals surface area contributed by atoms with Crippen molar-refractivity contribution in [2.24, 2.45) is 0 Å². The van der Waals surface area contributed by atoms with Crippen LogP contribution in [0.4, 0.5) is 5.69 Å². The van der Waals surface area contributed by atoms with Crippen molar-refractivity contribution in [1.82, 2.24) is 9.88 Å². The number of likely N-dealkylation sites (tertiary alicyclic amines) is 1. The summed E-state index contributed by atoms with van der Waals surface area (Å²) in [5.41, 5.74) is 2.26. The number of aromatic nitrogens is 1. The van der Waals surface area contributed by atoms with Gasteiger partial charge in [-0.15, -0.1) is 0 Å². The Morgan fingerprint density at radius 1 is 1.50 bits per heavy atom. The summed E-state index contributed by atoms with van der Waals surface area (Å²) in [7, 11) is 2.23. The van der Waals surface area contributed by atoms with Crippen molar-refractivity contribution in [3.8, 4) is 0 Å². The van der Waals surface area contributed by atoms with Crippen LogP contribution in [-0.2, 0) is 0 Å². The molecule has 0 saturated carbocycles. The van der Waals surface area contributed by atoms with Crippen LogP contribution in [0.15, 0.2) is 18.3 Å². The fraction of sp³-hybridized carbons (Fsp3) is 0.615. The number of nitrogens with one attached hydrogen (secondary N) is 1. The second-order valence-electron chi connectivity index (χ2n) is 4.70. The Labute approximate surface area is 97.9 Å². The summed E-state index contributed by atoms with van der Waals surface area (Å²) in [5, 5.41) is 3.50. The van der Waals surface area contributed by atoms with E-state index in [9.17, 15) is 0 Å². The summed E-state index contributed by atoms with van der Waals surface area (Å²) in [6.45, 7) is 4.31. The minimum Gasteiger partial charge on any atom is -0.383 e. The highest BCUT2D eigenvalue weighted by molar-refractivity contribution is 5.43. The van der Waals surface area contributed by atoms with Crippen LogP contribution in [0.2, 0.25) is 0 Å². The zero-order valence-corrected chi connectivity index (χ0v) is 10.2. The maximum atomic E-state index is 4.20. The standard InChI is InChI=1S/C13H21N3/c1-11-9-12(6-7-14-11)15-10-13-5-3-4-8-16(13)2/h6-7,9,13H,3-5,8,10H2,1-2H3,(H,14,15). The fourth-order valence-electron chi connectivity index (χ4n) is 2.29. The van der Waals surface area contributed by atoms with Gasteiger partial charge in [-0.05, 0) is 45.5 Å². The molecule has 1 atom stereocenters. The zero-order chi connectivity index (χ0) is 11.4. The maximum Gasteiger partial charge on any atom is 0.0393 e. The van der Waals surface area contributed by atoms with E-state index in [1.165, 1.54) is 31.5 Å². The summed E-state index contributed by atoms with van der Waals surface area (Å²) < 4.78 is 0. The topological polar surface area (TPSA) is 28.2 Å². The molecule has 0 aliphatic carbocycles. The van der Waals surface area contributed by atoms with Crippen molar-refractivity contribution >= 4 is 5.69 Å². The Bertz CT molecular complexity index is 338. The van der Waals surface area contributed by atoms with Crippen molar-refractivity contribution in [3.63, 3.8) is 0 Å². The predicted molar refractivity (Wildman–Crippen MR) is 67.7 cm³/mol. The van der Waals surface area contributed by atoms with E-state index in [1.54, 1.807) is 0 Å². The van der Waals surface area contributed by atoms with E-state index in [2.05, 4.69) is 28.3 Å². The molecule has 16 heavy (non-hydrogen) atoms. The van der Waals surface area contributed by atoms with Crippen LogP contribution >= 0.6 is 0 Å². The summed E-state index contributed by atoms with van der Waals surface area (Å²) in [4.78, 5) is 6.66. The Morgan fingerprint density at radius 2 is 2.38 bits per heavy atom. The highest BCUT2D eigenvalue weighted by Crippen LogP contribution is 2.16. The second kappa shape index (κ2) is 5.30. The molecule has 2 rings (SSSR count). The smallest absolute Gasteiger partial charge is 0.0393 e. The molecule has 1 aromatic heterocycles. The third-order valence-electron chi connectivity index (χ3n) is 3.36. The Kier molecular flexibility index (Phi) is 3.78. The van der Waals surface area contributed by atoms with E-state index in [0.717, 1.165) is 12.2 Å². The lowest BCUT2D eigenvalue weighted by Crippen LogP contribution is -2.40. The molecule has 1 aliphatic rings. The summed E-state index contributed by atoms with van der Waals surface area (Å²) in [6, 6.07) is 4.82. The molecule has 0 bridgehead atoms. The Morgan fingerprint density at radius 3 is 3.12 bits per heavy atom. The fourth-order valence-corrected chi connectivity index (χ4v) is 2.29. The number of aryl methyl sites for hydroxylation is 1. The molecule has 1 aromatic rings. The maximum absolute atomic E-state index is 4.20. The number of nitrogens with zero attached hydrogens (tertiary/aromatic N) is 2. The number of rotatable bonds is 3. The van der Waals surface area contributed by atoms with Crippen molar-refractivity contribution in [1.29, 1.82) is 0 Å². The van der Waals surface area contributed by atoms with Gasteiger partial charge in [-0.3, -0.25) is 4.98 Å². The molecule has 1 unspecified atom stereocenters. The largest absolute Gasteiger partial charge is 0.383 e. The molecule has 0 spiro atoms. The van der Waals surface area contributed by atoms with Crippen molar-refractivity contribution in [3.05, 3.63) is 24.0 Å². The van der Waals surface area contributed by atoms with E-state index >= 15 is 0 Å². The van der Waals surface area contributed by atoms with E-state index < -0.39 is 0 Å². The van der Waals surface area contributed by atoms with E-state index in [-0.39, 0.29) is 0 Å². The number of hydrogen-bond acceptors (Lipinski definition) is 3. The lowest BCUT2D eigenvalue weighted by atomic mass is 10.0. The average molecular weight is 219 g/mol. The third kappa shape index (κ3) is 2.95. The molecule has 0 aromatic carbocycles. The number of piperidine rings is 1. The molecule has 1 fully saturated rings. The number of pyridine rings is 1. The lowest BCUT2D eigenvalue weighted by Gasteiger charge is -2.32. The average Bonchev–Trinajstić information content (AvgIpc) is 2.28. The third-order valence-corrected chi connectivity index (χ3v) is 3.36. The zero-order valence-electron chi connectivity index (χ0n) is 10.2. The van der Waals surface area contributed by atoms with Crippen LogP contribution in [-0.4, -0.2) is 36.1 Å². The summed E-state index contributed by atoms with van der Waals surface area (Å²) in [5.74, 6) is 0. The van der Waals surface area contributed by atoms with Gasteiger partial charge in [0, 0.05) is 30.2 Å². The van der Waals surface area contributed by atoms with Crippen LogP contribution in [0, 0.1) is 6.92 Å². The number of likely N-dealkylation sites (N-methyl/N-ethyl adjacent to an activating group) is 1. The quantitative estimate of drug-likeness (QED) is 0.845. The molecule has 0 amide bonds. The minimum atomic E-state index is 0.683. The highest BCUT2D eigenvalue weighted by atomic mass is 15.2. The first-order valence-electron chi connectivity index (χ1n) is 6.12. The van der Waals surface area contributed by atoms with Gasteiger partial charge in [0.2, 0.25) is 0 Å². The van der Waals surface area contributed by atoms with Crippen molar-refractivity contribution in [2.75, 3.05) is 25.5 Å². The SMILES string of the molecule is Cc1cc(NCC2CCCCN2C)ccn1. The number of anilines is 1. The highest BCUT2D eigenvalue weighted by Gasteiger charge is 2.18. The van der Waals surface area contributed by atoms with E-state index in [4.69, 9.17) is 0 Å². The normalized spacial score (nSPS) is 22.0. The number of hydrogen-bond donors (Lipinski definition) is 1. The van der Waals surface area contributed by atoms with Gasteiger partial charge in [0.05, 0.1) is 0 Å². The summed E-state index contributed by atoms with van der Waals surface area (Å²) in [6.07, 6.45) is 5.89. The molecule has 1 aliphatic heterocycles. The molecule has 3 heteroatoms. The van der Waals surface area contributed by atoms with Gasteiger partial charge in [0.15, 0.2) is 0 Å². The molecular weight excluding hydrogens is 198 g/mol. The first-order chi connectivity index (χ1) is 7.75. The lowest BCUT2D eigenvalue weighted by molar-refractivity contribution is 0.194. The van der Waals surface area contributed by atoms with Gasteiger partial charge in [-0.2, -0.15) is 0 Å². The molecule has 1 N–H and O–H groups in total. The Hall–Kier alpha value is -1.09. The molecule has 1 saturated heterocycles. The van der Waals surface area contributed by atoms with E-state index in [0.29, 0.717) is 6.04 Å². The van der Waals surface area contributed by atoms with Crippen LogP contribution in [0.25, 0.3) is 0 Å². The molecule has 3 nitrogen and oxygen atoms in total. The first-order valence-corrected chi connectivity index (χ1v) is 6.12. The molecule has 0 radical (unpaired) electrons. The van der Waals surface area contributed by atoms with E-state index in [1.807, 2.05) is 19.2 Å². The monoisotopic (exact) mass is 219 g/mol. The van der Waals surface area contributed by atoms with Crippen molar-refractivity contribution < 1.29 is 0 Å². The molecule has 2 heterocycles. The molecule has 88 valence electrons. The van der Waals surface area contributed by atoms with Gasteiger partial charge < -0.3 is 10.2 Å². The molecular formula is C13H21N3. The predicted octanol–water partition coefficient (Wildman–Crippen LogP) is 2.29. The second-order valence-corrected chi connectivity index (χ2v) is 4.70. The first kappa shape index (κ1) is 11.4. The minimum absolute atomic E-state index is 0.683. The van der Waals surface area contributed by atoms with Crippen LogP contribution < -0.4 is 5.32 Å². The Balaban J connectivity index is 1.86. The van der Waals surface area contributed by atoms with Crippen LogP contribution in [0.5, 0.6) is 0 Å². The van der Waals surface area contributed by atoms with Gasteiger partial charge >= 0.3 is 0 Å². The van der Waals surface area contributed by atoms with Crippen molar-refractivity contribution in [2.45, 2.75) is 32.2 Å². The summed E-state index contributed by atoms with van der Waals surface area (Å²) >= 11 is 0. The van der Waals surface area contributed by atoms with Crippen LogP contribution in [0.3, 0.4) is 0 Å². The van der Waals surface area contributed by atoms with Gasteiger partial charge in [0.25, 0.3) is 0 Å². The van der Waals surface area contributed by atoms with Gasteiger partial charge in [0.1, 0.15) is 0 Å². The van der Waals surface area contributed by atoms with Gasteiger partial charge in [-0.25, -0.2) is 0 Å². The van der Waals surface area contributed by atoms with Gasteiger partial charge in [-0.1, -0.05) is 6.42 Å². The van der Waals surface area contributed by atoms with Crippen LogP contribution in [0.1, 0.15) is 25.0 Å².